The second kappa shape index (κ2) is 14.4. The zero-order chi connectivity index (χ0) is 31.0. The van der Waals surface area contributed by atoms with Gasteiger partial charge in [0.05, 0.1) is 6.61 Å². The summed E-state index contributed by atoms with van der Waals surface area (Å²) < 4.78 is 18.6. The molecule has 1 heterocycles. The summed E-state index contributed by atoms with van der Waals surface area (Å²) in [5, 5.41) is 12.6. The Bertz CT molecular complexity index is 1440. The van der Waals surface area contributed by atoms with E-state index in [0.29, 0.717) is 29.4 Å². The Labute approximate surface area is 265 Å². The van der Waals surface area contributed by atoms with Crippen molar-refractivity contribution in [3.05, 3.63) is 99.0 Å². The Balaban J connectivity index is 1.72. The lowest BCUT2D eigenvalue weighted by atomic mass is 9.83. The molecule has 0 saturated heterocycles. The molecule has 1 aliphatic rings. The maximum Gasteiger partial charge on any atom is 0.306 e. The molecule has 0 aromatic heterocycles. The molecule has 43 heavy (non-hydrogen) atoms. The van der Waals surface area contributed by atoms with Gasteiger partial charge in [0, 0.05) is 41.1 Å². The van der Waals surface area contributed by atoms with Crippen molar-refractivity contribution in [2.75, 3.05) is 13.2 Å². The molecule has 0 aliphatic carbocycles. The third-order valence-electron chi connectivity index (χ3n) is 6.73. The number of amides is 1. The smallest absolute Gasteiger partial charge is 0.306 e. The van der Waals surface area contributed by atoms with Crippen LogP contribution >= 0.6 is 27.5 Å². The summed E-state index contributed by atoms with van der Waals surface area (Å²) in [6, 6.07) is 21.9. The first-order chi connectivity index (χ1) is 20.5. The molecule has 4 rings (SSSR count). The van der Waals surface area contributed by atoms with E-state index in [-0.39, 0.29) is 31.9 Å². The molecule has 0 unspecified atom stereocenters. The monoisotopic (exact) mass is 670 g/mol. The minimum atomic E-state index is -1.49. The molecule has 2 atom stereocenters. The fourth-order valence-corrected chi connectivity index (χ4v) is 5.13. The van der Waals surface area contributed by atoms with Crippen LogP contribution in [-0.4, -0.2) is 47.2 Å². The fraction of sp³-hybridized carbons (Fsp3) is 0.364. The van der Waals surface area contributed by atoms with Crippen molar-refractivity contribution < 1.29 is 28.9 Å². The van der Waals surface area contributed by atoms with Crippen LogP contribution < -0.4 is 10.1 Å². The Morgan fingerprint density at radius 2 is 1.77 bits per heavy atom. The molecule has 1 aliphatic heterocycles. The second-order valence-corrected chi connectivity index (χ2v) is 12.5. The summed E-state index contributed by atoms with van der Waals surface area (Å²) in [5.41, 5.74) is -0.0430. The lowest BCUT2D eigenvalue weighted by molar-refractivity contribution is -0.155. The lowest BCUT2D eigenvalue weighted by Crippen LogP contribution is -2.48. The van der Waals surface area contributed by atoms with Gasteiger partial charge in [0.25, 0.3) is 5.91 Å². The van der Waals surface area contributed by atoms with Crippen molar-refractivity contribution in [3.63, 3.8) is 0 Å². The van der Waals surface area contributed by atoms with Crippen LogP contribution in [0.25, 0.3) is 0 Å². The molecule has 10 heteroatoms. The van der Waals surface area contributed by atoms with Gasteiger partial charge in [0.2, 0.25) is 5.90 Å². The molecule has 0 radical (unpaired) electrons. The SMILES string of the molecule is CC(C)(C)OC(=O)CC[C@@]1(C(=O)NCc2ccccc2Cl)N=C(c2ccc(OCCCO)cc2)O[C@@H]1c1ccc(Br)cc1. The normalized spacial score (nSPS) is 18.0. The number of benzene rings is 3. The highest BCUT2D eigenvalue weighted by Crippen LogP contribution is 2.43. The van der Waals surface area contributed by atoms with E-state index in [1.54, 1.807) is 51.1 Å². The van der Waals surface area contributed by atoms with E-state index >= 15 is 0 Å². The third-order valence-corrected chi connectivity index (χ3v) is 7.63. The summed E-state index contributed by atoms with van der Waals surface area (Å²) in [5.74, 6) is 0.0667. The number of hydrogen-bond donors (Lipinski definition) is 2. The van der Waals surface area contributed by atoms with Gasteiger partial charge in [-0.25, -0.2) is 4.99 Å². The summed E-state index contributed by atoms with van der Waals surface area (Å²) in [7, 11) is 0. The molecular weight excluding hydrogens is 636 g/mol. The number of esters is 1. The Morgan fingerprint density at radius 1 is 1.07 bits per heavy atom. The molecule has 1 amide bonds. The van der Waals surface area contributed by atoms with E-state index in [1.807, 2.05) is 42.5 Å². The number of carbonyl (C=O) groups excluding carboxylic acids is 2. The molecule has 228 valence electrons. The van der Waals surface area contributed by atoms with E-state index in [9.17, 15) is 9.59 Å². The first-order valence-electron chi connectivity index (χ1n) is 14.1. The van der Waals surface area contributed by atoms with Crippen LogP contribution in [0.4, 0.5) is 0 Å². The average Bonchev–Trinajstić information content (AvgIpc) is 3.36. The number of nitrogens with zero attached hydrogens (tertiary/aromatic N) is 1. The average molecular weight is 672 g/mol. The molecule has 3 aromatic carbocycles. The Morgan fingerprint density at radius 3 is 2.42 bits per heavy atom. The van der Waals surface area contributed by atoms with Gasteiger partial charge in [0.1, 0.15) is 11.4 Å². The van der Waals surface area contributed by atoms with E-state index < -0.39 is 29.1 Å². The van der Waals surface area contributed by atoms with Crippen LogP contribution in [0.15, 0.2) is 82.3 Å². The van der Waals surface area contributed by atoms with Crippen molar-refractivity contribution in [1.29, 1.82) is 0 Å². The molecule has 8 nitrogen and oxygen atoms in total. The number of carbonyl (C=O) groups is 2. The van der Waals surface area contributed by atoms with Gasteiger partial charge in [-0.05, 0) is 80.8 Å². The number of nitrogens with one attached hydrogen (secondary N) is 1. The molecule has 2 N–H and O–H groups in total. The van der Waals surface area contributed by atoms with Gasteiger partial charge < -0.3 is 24.6 Å². The van der Waals surface area contributed by atoms with Crippen LogP contribution in [-0.2, 0) is 25.6 Å². The lowest BCUT2D eigenvalue weighted by Gasteiger charge is -2.31. The van der Waals surface area contributed by atoms with Crippen LogP contribution in [0.5, 0.6) is 5.75 Å². The minimum Gasteiger partial charge on any atom is -0.494 e. The number of hydrogen-bond acceptors (Lipinski definition) is 7. The predicted octanol–water partition coefficient (Wildman–Crippen LogP) is 6.56. The number of halogens is 2. The summed E-state index contributed by atoms with van der Waals surface area (Å²) >= 11 is 9.85. The van der Waals surface area contributed by atoms with Gasteiger partial charge in [-0.15, -0.1) is 0 Å². The number of aliphatic hydroxyl groups is 1. The van der Waals surface area contributed by atoms with E-state index in [0.717, 1.165) is 15.6 Å². The molecule has 3 aromatic rings. The Kier molecular flexibility index (Phi) is 10.9. The van der Waals surface area contributed by atoms with Gasteiger partial charge in [-0.2, -0.15) is 0 Å². The zero-order valence-electron chi connectivity index (χ0n) is 24.4. The summed E-state index contributed by atoms with van der Waals surface area (Å²) in [4.78, 5) is 32.1. The van der Waals surface area contributed by atoms with Gasteiger partial charge >= 0.3 is 5.97 Å². The fourth-order valence-electron chi connectivity index (χ4n) is 4.66. The van der Waals surface area contributed by atoms with Crippen molar-refractivity contribution in [3.8, 4) is 5.75 Å². The predicted molar refractivity (Wildman–Crippen MR) is 169 cm³/mol. The number of aliphatic hydroxyl groups excluding tert-OH is 1. The van der Waals surface area contributed by atoms with E-state index in [2.05, 4.69) is 21.2 Å². The molecule has 0 saturated carbocycles. The van der Waals surface area contributed by atoms with Crippen LogP contribution in [0.2, 0.25) is 5.02 Å². The maximum atomic E-state index is 14.2. The van der Waals surface area contributed by atoms with Gasteiger partial charge in [0.15, 0.2) is 11.6 Å². The van der Waals surface area contributed by atoms with Crippen molar-refractivity contribution in [1.82, 2.24) is 5.32 Å². The van der Waals surface area contributed by atoms with E-state index in [4.69, 9.17) is 35.9 Å². The highest BCUT2D eigenvalue weighted by atomic mass is 79.9. The second-order valence-electron chi connectivity index (χ2n) is 11.2. The largest absolute Gasteiger partial charge is 0.494 e. The number of aliphatic imine (C=N–C) groups is 1. The minimum absolute atomic E-state index is 0.0445. The number of rotatable bonds is 12. The van der Waals surface area contributed by atoms with Crippen LogP contribution in [0.3, 0.4) is 0 Å². The summed E-state index contributed by atoms with van der Waals surface area (Å²) in [6.07, 6.45) is -0.315. The van der Waals surface area contributed by atoms with E-state index in [1.165, 1.54) is 0 Å². The third kappa shape index (κ3) is 8.59. The van der Waals surface area contributed by atoms with Crippen molar-refractivity contribution in [2.45, 2.75) is 63.8 Å². The van der Waals surface area contributed by atoms with Crippen LogP contribution in [0.1, 0.15) is 62.8 Å². The first-order valence-corrected chi connectivity index (χ1v) is 15.3. The standard InChI is InChI=1S/C33H36BrClN2O6/c1-32(2,3)43-28(39)17-18-33(31(40)36-21-24-7-4-5-8-27(24)35)29(22-9-13-25(34)14-10-22)42-30(37-33)23-11-15-26(16-12-23)41-20-6-19-38/h4-5,7-16,29,38H,6,17-21H2,1-3H3,(H,36,40)/t29-,33-/m1/s1. The Hall–Kier alpha value is -3.40. The molecule has 0 fully saturated rings. The maximum absolute atomic E-state index is 14.2. The van der Waals surface area contributed by atoms with Gasteiger partial charge in [-0.1, -0.05) is 57.9 Å². The molecule has 0 spiro atoms. The van der Waals surface area contributed by atoms with Gasteiger partial charge in [-0.3, -0.25) is 9.59 Å². The first kappa shape index (κ1) is 32.5. The molecule has 0 bridgehead atoms. The zero-order valence-corrected chi connectivity index (χ0v) is 26.8. The topological polar surface area (TPSA) is 106 Å². The quantitative estimate of drug-likeness (QED) is 0.167. The highest BCUT2D eigenvalue weighted by molar-refractivity contribution is 9.10. The highest BCUT2D eigenvalue weighted by Gasteiger charge is 2.53. The molecular formula is C33H36BrClN2O6. The number of ether oxygens (including phenoxy) is 3. The van der Waals surface area contributed by atoms with Crippen LogP contribution in [0, 0.1) is 0 Å². The van der Waals surface area contributed by atoms with Crippen molar-refractivity contribution in [2.24, 2.45) is 4.99 Å². The van der Waals surface area contributed by atoms with Crippen molar-refractivity contribution >= 4 is 45.3 Å². The summed E-state index contributed by atoms with van der Waals surface area (Å²) in [6.45, 7) is 6.00.